The number of pyridine rings is 1. The lowest BCUT2D eigenvalue weighted by Gasteiger charge is -2.22. The fourth-order valence-electron chi connectivity index (χ4n) is 9.94. The Balaban J connectivity index is 0.888. The summed E-state index contributed by atoms with van der Waals surface area (Å²) in [7, 11) is 0. The quantitative estimate of drug-likeness (QED) is 0.150. The molecule has 0 N–H and O–H groups in total. The number of fused-ring (bicyclic) bond motifs is 6. The first-order valence-corrected chi connectivity index (χ1v) is 22.3. The molecular formula is C62H43N3. The Bertz CT molecular complexity index is 3590. The maximum Gasteiger partial charge on any atom is 0.160 e. The zero-order chi connectivity index (χ0) is 43.5. The van der Waals surface area contributed by atoms with Gasteiger partial charge >= 0.3 is 0 Å². The summed E-state index contributed by atoms with van der Waals surface area (Å²) in [5.74, 6) is 0.700. The molecule has 0 bridgehead atoms. The highest BCUT2D eigenvalue weighted by atomic mass is 14.9. The molecule has 1 aliphatic carbocycles. The predicted molar refractivity (Wildman–Crippen MR) is 270 cm³/mol. The number of benzene rings is 9. The van der Waals surface area contributed by atoms with Crippen molar-refractivity contribution in [3.05, 3.63) is 236 Å². The molecular weight excluding hydrogens is 787 g/mol. The number of aromatic nitrogens is 3. The van der Waals surface area contributed by atoms with Crippen molar-refractivity contribution in [3.8, 4) is 89.7 Å². The van der Waals surface area contributed by atoms with Gasteiger partial charge in [-0.3, -0.25) is 0 Å². The molecule has 2 aromatic heterocycles. The van der Waals surface area contributed by atoms with E-state index >= 15 is 0 Å². The lowest BCUT2D eigenvalue weighted by atomic mass is 9.81. The second-order valence-electron chi connectivity index (χ2n) is 17.6. The van der Waals surface area contributed by atoms with Crippen molar-refractivity contribution >= 4 is 21.7 Å². The van der Waals surface area contributed by atoms with Gasteiger partial charge in [-0.15, -0.1) is 0 Å². The van der Waals surface area contributed by atoms with E-state index in [1.807, 2.05) is 18.2 Å². The molecule has 306 valence electrons. The van der Waals surface area contributed by atoms with Gasteiger partial charge in [0.05, 0.1) is 22.6 Å². The third-order valence-electron chi connectivity index (χ3n) is 13.3. The Morgan fingerprint density at radius 3 is 1.60 bits per heavy atom. The minimum atomic E-state index is -0.0487. The minimum Gasteiger partial charge on any atom is -0.247 e. The number of hydrogen-bond acceptors (Lipinski definition) is 3. The van der Waals surface area contributed by atoms with E-state index < -0.39 is 0 Å². The molecule has 65 heavy (non-hydrogen) atoms. The highest BCUT2D eigenvalue weighted by Gasteiger charge is 2.35. The van der Waals surface area contributed by atoms with Gasteiger partial charge in [0.25, 0.3) is 0 Å². The molecule has 0 fully saturated rings. The van der Waals surface area contributed by atoms with E-state index in [9.17, 15) is 0 Å². The lowest BCUT2D eigenvalue weighted by molar-refractivity contribution is 0.660. The van der Waals surface area contributed by atoms with E-state index in [1.165, 1.54) is 44.3 Å². The molecule has 9 aromatic carbocycles. The highest BCUT2D eigenvalue weighted by molar-refractivity contribution is 6.17. The van der Waals surface area contributed by atoms with Gasteiger partial charge in [-0.05, 0) is 79.9 Å². The van der Waals surface area contributed by atoms with E-state index in [1.54, 1.807) is 0 Å². The molecule has 0 unspecified atom stereocenters. The van der Waals surface area contributed by atoms with Crippen molar-refractivity contribution in [1.29, 1.82) is 0 Å². The molecule has 0 saturated heterocycles. The number of rotatable bonds is 7. The van der Waals surface area contributed by atoms with E-state index in [-0.39, 0.29) is 5.41 Å². The Labute approximate surface area is 379 Å². The van der Waals surface area contributed by atoms with E-state index in [0.29, 0.717) is 5.82 Å². The molecule has 0 aliphatic heterocycles. The zero-order valence-corrected chi connectivity index (χ0v) is 36.2. The zero-order valence-electron chi connectivity index (χ0n) is 36.2. The topological polar surface area (TPSA) is 38.7 Å². The molecule has 0 saturated carbocycles. The summed E-state index contributed by atoms with van der Waals surface area (Å²) < 4.78 is 0. The van der Waals surface area contributed by atoms with Crippen LogP contribution in [0.15, 0.2) is 224 Å². The first kappa shape index (κ1) is 38.4. The van der Waals surface area contributed by atoms with Gasteiger partial charge in [0.2, 0.25) is 0 Å². The van der Waals surface area contributed by atoms with Crippen molar-refractivity contribution in [1.82, 2.24) is 15.0 Å². The Hall–Kier alpha value is -8.27. The average molecular weight is 830 g/mol. The average Bonchev–Trinajstić information content (AvgIpc) is 3.61. The van der Waals surface area contributed by atoms with Crippen LogP contribution in [-0.2, 0) is 5.41 Å². The van der Waals surface area contributed by atoms with Crippen molar-refractivity contribution < 1.29 is 0 Å². The standard InChI is InChI=1S/C62H43N3/c1-62(2)54-25-11-9-21-50(54)51-36-35-47(38-55(51)62)41-29-33-43(34-30-41)57-39-58(65-61(64-57)45-17-7-4-8-18-45)48-20-13-19-46(37-48)40-27-31-42(32-28-40)49-23-14-24-53-59(49)52-22-10-12-26-56(52)63-60(53)44-15-5-3-6-16-44/h3-39H,1-2H3. The first-order valence-electron chi connectivity index (χ1n) is 22.3. The molecule has 3 heteroatoms. The van der Waals surface area contributed by atoms with Crippen molar-refractivity contribution in [2.75, 3.05) is 0 Å². The van der Waals surface area contributed by atoms with Crippen LogP contribution in [0.1, 0.15) is 25.0 Å². The fourth-order valence-corrected chi connectivity index (χ4v) is 9.94. The van der Waals surface area contributed by atoms with Crippen LogP contribution in [0.2, 0.25) is 0 Å². The van der Waals surface area contributed by atoms with Gasteiger partial charge in [0.15, 0.2) is 5.82 Å². The molecule has 11 aromatic rings. The number of para-hydroxylation sites is 1. The van der Waals surface area contributed by atoms with Gasteiger partial charge in [-0.1, -0.05) is 214 Å². The van der Waals surface area contributed by atoms with Gasteiger partial charge in [0.1, 0.15) is 0 Å². The molecule has 0 radical (unpaired) electrons. The van der Waals surface area contributed by atoms with Gasteiger partial charge in [-0.2, -0.15) is 0 Å². The smallest absolute Gasteiger partial charge is 0.160 e. The third-order valence-corrected chi connectivity index (χ3v) is 13.3. The largest absolute Gasteiger partial charge is 0.247 e. The summed E-state index contributed by atoms with van der Waals surface area (Å²) >= 11 is 0. The predicted octanol–water partition coefficient (Wildman–Crippen LogP) is 16.2. The number of hydrogen-bond donors (Lipinski definition) is 0. The van der Waals surface area contributed by atoms with Crippen LogP contribution in [0.4, 0.5) is 0 Å². The Morgan fingerprint density at radius 2 is 0.831 bits per heavy atom. The van der Waals surface area contributed by atoms with Crippen LogP contribution < -0.4 is 0 Å². The van der Waals surface area contributed by atoms with Crippen LogP contribution in [0.25, 0.3) is 111 Å². The molecule has 0 spiro atoms. The van der Waals surface area contributed by atoms with Gasteiger partial charge < -0.3 is 0 Å². The second kappa shape index (κ2) is 15.5. The summed E-state index contributed by atoms with van der Waals surface area (Å²) in [6, 6.07) is 80.2. The van der Waals surface area contributed by atoms with E-state index in [0.717, 1.165) is 72.3 Å². The third kappa shape index (κ3) is 6.72. The molecule has 2 heterocycles. The first-order chi connectivity index (χ1) is 32.0. The second-order valence-corrected chi connectivity index (χ2v) is 17.6. The van der Waals surface area contributed by atoms with E-state index in [4.69, 9.17) is 15.0 Å². The summed E-state index contributed by atoms with van der Waals surface area (Å²) in [5.41, 5.74) is 20.3. The molecule has 3 nitrogen and oxygen atoms in total. The summed E-state index contributed by atoms with van der Waals surface area (Å²) in [4.78, 5) is 15.5. The highest BCUT2D eigenvalue weighted by Crippen LogP contribution is 2.49. The summed E-state index contributed by atoms with van der Waals surface area (Å²) in [5, 5.41) is 3.52. The monoisotopic (exact) mass is 829 g/mol. The molecule has 1 aliphatic rings. The maximum absolute atomic E-state index is 5.18. The van der Waals surface area contributed by atoms with Crippen LogP contribution >= 0.6 is 0 Å². The minimum absolute atomic E-state index is 0.0487. The van der Waals surface area contributed by atoms with Crippen LogP contribution in [-0.4, -0.2) is 15.0 Å². The van der Waals surface area contributed by atoms with E-state index in [2.05, 4.69) is 220 Å². The SMILES string of the molecule is CC1(C)c2ccccc2-c2ccc(-c3ccc(-c4cc(-c5cccc(-c6ccc(-c7cccc8c(-c9ccccc9)nc9ccccc9c78)cc6)c5)nc(-c5ccccc5)n4)cc3)cc21. The van der Waals surface area contributed by atoms with Crippen molar-refractivity contribution in [2.45, 2.75) is 19.3 Å². The molecule has 0 amide bonds. The van der Waals surface area contributed by atoms with Crippen LogP contribution in [0.5, 0.6) is 0 Å². The van der Waals surface area contributed by atoms with Crippen LogP contribution in [0, 0.1) is 0 Å². The molecule has 12 rings (SSSR count). The normalized spacial score (nSPS) is 12.6. The maximum atomic E-state index is 5.18. The lowest BCUT2D eigenvalue weighted by Crippen LogP contribution is -2.14. The Kier molecular flexibility index (Phi) is 9.17. The summed E-state index contributed by atoms with van der Waals surface area (Å²) in [6.07, 6.45) is 0. The van der Waals surface area contributed by atoms with Crippen LogP contribution in [0.3, 0.4) is 0 Å². The van der Waals surface area contributed by atoms with Crippen molar-refractivity contribution in [3.63, 3.8) is 0 Å². The Morgan fingerprint density at radius 1 is 0.308 bits per heavy atom. The summed E-state index contributed by atoms with van der Waals surface area (Å²) in [6.45, 7) is 4.67. The molecule has 0 atom stereocenters. The fraction of sp³-hybridized carbons (Fsp3) is 0.0484. The van der Waals surface area contributed by atoms with Gasteiger partial charge in [0, 0.05) is 43.8 Å². The van der Waals surface area contributed by atoms with Crippen molar-refractivity contribution in [2.24, 2.45) is 0 Å². The number of nitrogens with zero attached hydrogens (tertiary/aromatic N) is 3. The van der Waals surface area contributed by atoms with Gasteiger partial charge in [-0.25, -0.2) is 15.0 Å².